The number of para-hydroxylation sites is 1. The molecule has 25 heavy (non-hydrogen) atoms. The Labute approximate surface area is 143 Å². The van der Waals surface area contributed by atoms with Gasteiger partial charge in [0.05, 0.1) is 17.3 Å². The third-order valence-corrected chi connectivity index (χ3v) is 3.38. The summed E-state index contributed by atoms with van der Waals surface area (Å²) in [6.45, 7) is 0.305. The Balaban J connectivity index is 1.66. The van der Waals surface area contributed by atoms with Gasteiger partial charge in [0, 0.05) is 0 Å². The van der Waals surface area contributed by atoms with Gasteiger partial charge in [-0.05, 0) is 22.9 Å². The topological polar surface area (TPSA) is 107 Å². The summed E-state index contributed by atoms with van der Waals surface area (Å²) >= 11 is 0. The molecule has 1 aromatic heterocycles. The molecule has 7 nitrogen and oxygen atoms in total. The maximum Gasteiger partial charge on any atom is 0.294 e. The van der Waals surface area contributed by atoms with E-state index in [2.05, 4.69) is 10.5 Å². The number of carbonyl (C=O) groups is 2. The Bertz CT molecular complexity index is 890. The van der Waals surface area contributed by atoms with Crippen LogP contribution in [0.4, 0.5) is 5.69 Å². The summed E-state index contributed by atoms with van der Waals surface area (Å²) in [5.74, 6) is -1.05. The molecule has 126 valence electrons. The first-order valence-electron chi connectivity index (χ1n) is 7.47. The zero-order valence-corrected chi connectivity index (χ0v) is 13.1. The number of hydrogen-bond donors (Lipinski definition) is 2. The van der Waals surface area contributed by atoms with Crippen LogP contribution < -0.4 is 15.8 Å². The predicted octanol–water partition coefficient (Wildman–Crippen LogP) is 2.60. The van der Waals surface area contributed by atoms with Gasteiger partial charge in [0.25, 0.3) is 17.7 Å². The summed E-state index contributed by atoms with van der Waals surface area (Å²) in [7, 11) is 0. The minimum Gasteiger partial charge on any atom is -0.471 e. The van der Waals surface area contributed by atoms with E-state index in [1.807, 2.05) is 30.3 Å². The average Bonchev–Trinajstić information content (AvgIpc) is 3.10. The van der Waals surface area contributed by atoms with Crippen LogP contribution in [0.15, 0.2) is 65.2 Å². The highest BCUT2D eigenvalue weighted by atomic mass is 16.5. The van der Waals surface area contributed by atoms with Gasteiger partial charge in [0.2, 0.25) is 5.76 Å². The van der Waals surface area contributed by atoms with Crippen LogP contribution in [-0.4, -0.2) is 17.0 Å². The number of nitrogens with zero attached hydrogens (tertiary/aromatic N) is 1. The molecular formula is C18H15N3O4. The van der Waals surface area contributed by atoms with Crippen LogP contribution in [-0.2, 0) is 6.61 Å². The second-order valence-corrected chi connectivity index (χ2v) is 5.17. The monoisotopic (exact) mass is 337 g/mol. The van der Waals surface area contributed by atoms with E-state index < -0.39 is 11.8 Å². The van der Waals surface area contributed by atoms with Crippen molar-refractivity contribution in [2.45, 2.75) is 6.61 Å². The molecule has 2 amide bonds. The second-order valence-electron chi connectivity index (χ2n) is 5.17. The molecule has 7 heteroatoms. The first kappa shape index (κ1) is 16.3. The zero-order valence-electron chi connectivity index (χ0n) is 13.1. The fraction of sp³-hybridized carbons (Fsp3) is 0.0556. The molecule has 3 aromatic rings. The molecule has 0 radical (unpaired) electrons. The van der Waals surface area contributed by atoms with E-state index >= 15 is 0 Å². The van der Waals surface area contributed by atoms with E-state index in [4.69, 9.17) is 15.0 Å². The molecule has 3 N–H and O–H groups in total. The van der Waals surface area contributed by atoms with Crippen LogP contribution in [0.3, 0.4) is 0 Å². The number of ether oxygens (including phenoxy) is 1. The molecule has 0 saturated carbocycles. The van der Waals surface area contributed by atoms with Crippen molar-refractivity contribution in [1.29, 1.82) is 0 Å². The number of benzene rings is 2. The molecule has 0 unspecified atom stereocenters. The summed E-state index contributed by atoms with van der Waals surface area (Å²) in [6.07, 6.45) is 0. The number of amides is 2. The van der Waals surface area contributed by atoms with Gasteiger partial charge in [-0.25, -0.2) is 0 Å². The number of carbonyl (C=O) groups excluding carboxylic acids is 2. The fourth-order valence-electron chi connectivity index (χ4n) is 2.16. The van der Waals surface area contributed by atoms with Crippen molar-refractivity contribution in [1.82, 2.24) is 5.16 Å². The van der Waals surface area contributed by atoms with Crippen molar-refractivity contribution in [3.05, 3.63) is 77.6 Å². The molecule has 2 aromatic carbocycles. The van der Waals surface area contributed by atoms with Crippen molar-refractivity contribution >= 4 is 17.5 Å². The molecule has 0 aliphatic rings. The molecule has 0 aliphatic heterocycles. The van der Waals surface area contributed by atoms with Gasteiger partial charge in [-0.2, -0.15) is 0 Å². The van der Waals surface area contributed by atoms with Crippen LogP contribution >= 0.6 is 0 Å². The molecule has 0 fully saturated rings. The highest BCUT2D eigenvalue weighted by Gasteiger charge is 2.16. The first-order chi connectivity index (χ1) is 12.1. The van der Waals surface area contributed by atoms with Gasteiger partial charge >= 0.3 is 0 Å². The van der Waals surface area contributed by atoms with Crippen molar-refractivity contribution in [2.75, 3.05) is 5.32 Å². The highest BCUT2D eigenvalue weighted by molar-refractivity contribution is 6.07. The van der Waals surface area contributed by atoms with Crippen LogP contribution in [0.1, 0.15) is 26.5 Å². The number of aromatic nitrogens is 1. The van der Waals surface area contributed by atoms with E-state index in [1.165, 1.54) is 12.1 Å². The fourth-order valence-corrected chi connectivity index (χ4v) is 2.16. The van der Waals surface area contributed by atoms with E-state index in [1.54, 1.807) is 18.2 Å². The summed E-state index contributed by atoms with van der Waals surface area (Å²) < 4.78 is 10.5. The molecule has 1 heterocycles. The highest BCUT2D eigenvalue weighted by Crippen LogP contribution is 2.18. The molecule has 0 atom stereocenters. The first-order valence-corrected chi connectivity index (χ1v) is 7.47. The normalized spacial score (nSPS) is 10.2. The van der Waals surface area contributed by atoms with Gasteiger partial charge in [0.1, 0.15) is 6.61 Å². The lowest BCUT2D eigenvalue weighted by Gasteiger charge is -2.06. The zero-order chi connectivity index (χ0) is 17.6. The molecular weight excluding hydrogens is 322 g/mol. The summed E-state index contributed by atoms with van der Waals surface area (Å²) in [4.78, 5) is 23.6. The van der Waals surface area contributed by atoms with Crippen molar-refractivity contribution < 1.29 is 18.8 Å². The van der Waals surface area contributed by atoms with Gasteiger partial charge in [0.15, 0.2) is 0 Å². The number of primary amides is 1. The Morgan fingerprint density at radius 2 is 1.80 bits per heavy atom. The quantitative estimate of drug-likeness (QED) is 0.719. The largest absolute Gasteiger partial charge is 0.471 e. The number of hydrogen-bond acceptors (Lipinski definition) is 5. The lowest BCUT2D eigenvalue weighted by Crippen LogP contribution is -2.17. The minimum atomic E-state index is -0.639. The van der Waals surface area contributed by atoms with Crippen LogP contribution in [0.5, 0.6) is 5.88 Å². The standard InChI is InChI=1S/C18H15N3O4/c19-17(22)13-8-4-5-9-14(13)20-18(23)15-10-16(21-25-15)24-11-12-6-2-1-3-7-12/h1-10H,11H2,(H2,19,22)(H,20,23). The maximum absolute atomic E-state index is 12.2. The summed E-state index contributed by atoms with van der Waals surface area (Å²) in [5, 5.41) is 6.27. The molecule has 3 rings (SSSR count). The molecule has 0 spiro atoms. The predicted molar refractivity (Wildman–Crippen MR) is 90.2 cm³/mol. The smallest absolute Gasteiger partial charge is 0.294 e. The lowest BCUT2D eigenvalue weighted by atomic mass is 10.1. The van der Waals surface area contributed by atoms with E-state index in [0.717, 1.165) is 5.56 Å². The van der Waals surface area contributed by atoms with Gasteiger partial charge in [-0.1, -0.05) is 42.5 Å². The Morgan fingerprint density at radius 3 is 2.56 bits per heavy atom. The number of rotatable bonds is 6. The number of anilines is 1. The van der Waals surface area contributed by atoms with Crippen molar-refractivity contribution in [2.24, 2.45) is 5.73 Å². The number of nitrogens with one attached hydrogen (secondary N) is 1. The van der Waals surface area contributed by atoms with E-state index in [0.29, 0.717) is 12.3 Å². The van der Waals surface area contributed by atoms with Crippen LogP contribution in [0.25, 0.3) is 0 Å². The second kappa shape index (κ2) is 7.31. The Morgan fingerprint density at radius 1 is 1.08 bits per heavy atom. The van der Waals surface area contributed by atoms with Crippen molar-refractivity contribution in [3.63, 3.8) is 0 Å². The lowest BCUT2D eigenvalue weighted by molar-refractivity contribution is 0.0987. The third kappa shape index (κ3) is 4.03. The van der Waals surface area contributed by atoms with Gasteiger partial charge < -0.3 is 20.3 Å². The van der Waals surface area contributed by atoms with Gasteiger partial charge in [-0.15, -0.1) is 0 Å². The number of nitrogens with two attached hydrogens (primary N) is 1. The van der Waals surface area contributed by atoms with Gasteiger partial charge in [-0.3, -0.25) is 9.59 Å². The van der Waals surface area contributed by atoms with Crippen molar-refractivity contribution in [3.8, 4) is 5.88 Å². The molecule has 0 saturated heterocycles. The Kier molecular flexibility index (Phi) is 4.75. The average molecular weight is 337 g/mol. The summed E-state index contributed by atoms with van der Waals surface area (Å²) in [6, 6.07) is 17.3. The Hall–Kier alpha value is -3.61. The molecule has 0 aliphatic carbocycles. The maximum atomic E-state index is 12.2. The van der Waals surface area contributed by atoms with E-state index in [-0.39, 0.29) is 17.2 Å². The van der Waals surface area contributed by atoms with Crippen LogP contribution in [0, 0.1) is 0 Å². The third-order valence-electron chi connectivity index (χ3n) is 3.38. The van der Waals surface area contributed by atoms with E-state index in [9.17, 15) is 9.59 Å². The summed E-state index contributed by atoms with van der Waals surface area (Å²) in [5.41, 5.74) is 6.75. The SMILES string of the molecule is NC(=O)c1ccccc1NC(=O)c1cc(OCc2ccccc2)no1. The minimum absolute atomic E-state index is 0.0395. The van der Waals surface area contributed by atoms with Crippen LogP contribution in [0.2, 0.25) is 0 Å². The molecule has 0 bridgehead atoms.